The molecule has 0 aliphatic carbocycles. The third kappa shape index (κ3) is 12.6. The van der Waals surface area contributed by atoms with Crippen LogP contribution in [0.5, 0.6) is 0 Å². The first-order valence-electron chi connectivity index (χ1n) is 12.4. The van der Waals surface area contributed by atoms with Gasteiger partial charge in [0.15, 0.2) is 6.10 Å². The Labute approximate surface area is 192 Å². The Kier molecular flexibility index (Phi) is 15.1. The van der Waals surface area contributed by atoms with Crippen molar-refractivity contribution in [1.82, 2.24) is 5.06 Å². The number of amides is 2. The van der Waals surface area contributed by atoms with Crippen LogP contribution in [-0.2, 0) is 28.8 Å². The maximum atomic E-state index is 11.9. The van der Waals surface area contributed by atoms with Gasteiger partial charge in [-0.05, 0) is 39.0 Å². The molecule has 1 aliphatic heterocycles. The largest absolute Gasteiger partial charge is 0.451 e. The highest BCUT2D eigenvalue weighted by Gasteiger charge is 2.34. The van der Waals surface area contributed by atoms with Crippen LogP contribution in [0, 0.1) is 0 Å². The lowest BCUT2D eigenvalue weighted by Crippen LogP contribution is -2.37. The fraction of sp³-hybridized carbons (Fsp3) is 0.760. The molecule has 7 nitrogen and oxygen atoms in total. The second-order valence-corrected chi connectivity index (χ2v) is 8.46. The predicted molar refractivity (Wildman–Crippen MR) is 122 cm³/mol. The zero-order chi connectivity index (χ0) is 23.6. The summed E-state index contributed by atoms with van der Waals surface area (Å²) in [6.45, 7) is 3.61. The van der Waals surface area contributed by atoms with E-state index in [2.05, 4.69) is 19.1 Å². The summed E-state index contributed by atoms with van der Waals surface area (Å²) in [4.78, 5) is 51.4. The lowest BCUT2D eigenvalue weighted by atomic mass is 10.1. The summed E-state index contributed by atoms with van der Waals surface area (Å²) in [7, 11) is 0. The molecular formula is C25H41NO6. The van der Waals surface area contributed by atoms with Crippen molar-refractivity contribution in [3.05, 3.63) is 12.2 Å². The molecule has 0 N–H and O–H groups in total. The van der Waals surface area contributed by atoms with Crippen LogP contribution in [0.1, 0.15) is 117 Å². The van der Waals surface area contributed by atoms with Crippen LogP contribution < -0.4 is 0 Å². The number of hydrogen-bond donors (Lipinski definition) is 0. The molecule has 0 saturated carbocycles. The van der Waals surface area contributed by atoms with Gasteiger partial charge in [-0.3, -0.25) is 14.4 Å². The Morgan fingerprint density at radius 2 is 1.34 bits per heavy atom. The summed E-state index contributed by atoms with van der Waals surface area (Å²) < 4.78 is 5.04. The second-order valence-electron chi connectivity index (χ2n) is 8.46. The van der Waals surface area contributed by atoms with E-state index in [-0.39, 0.29) is 19.3 Å². The van der Waals surface area contributed by atoms with Gasteiger partial charge in [0.2, 0.25) is 0 Å². The summed E-state index contributed by atoms with van der Waals surface area (Å²) in [5.74, 6) is -2.53. The summed E-state index contributed by atoms with van der Waals surface area (Å²) in [6, 6.07) is 0. The van der Waals surface area contributed by atoms with Crippen LogP contribution in [-0.4, -0.2) is 34.9 Å². The molecule has 182 valence electrons. The summed E-state index contributed by atoms with van der Waals surface area (Å²) in [5, 5.41) is 0.455. The van der Waals surface area contributed by atoms with Crippen molar-refractivity contribution < 1.29 is 28.8 Å². The molecule has 0 bridgehead atoms. The highest BCUT2D eigenvalue weighted by Crippen LogP contribution is 2.14. The topological polar surface area (TPSA) is 90.0 Å². The number of hydroxylamine groups is 2. The van der Waals surface area contributed by atoms with Crippen LogP contribution in [0.2, 0.25) is 0 Å². The van der Waals surface area contributed by atoms with Crippen molar-refractivity contribution in [1.29, 1.82) is 0 Å². The SMILES string of the molecule is CCCCCCCCC=CCCCCCCCC(=O)OC(C)C(=O)ON1C(=O)CCC1=O. The molecule has 0 spiro atoms. The Bertz CT molecular complexity index is 600. The van der Waals surface area contributed by atoms with Gasteiger partial charge in [0.1, 0.15) is 0 Å². The predicted octanol–water partition coefficient (Wildman–Crippen LogP) is 5.56. The van der Waals surface area contributed by atoms with E-state index in [1.54, 1.807) is 0 Å². The molecule has 1 heterocycles. The lowest BCUT2D eigenvalue weighted by Gasteiger charge is -2.16. The molecule has 0 aromatic rings. The van der Waals surface area contributed by atoms with E-state index >= 15 is 0 Å². The number of hydrogen-bond acceptors (Lipinski definition) is 6. The quantitative estimate of drug-likeness (QED) is 0.117. The number of allylic oxidation sites excluding steroid dienone is 2. The number of carbonyl (C=O) groups excluding carboxylic acids is 4. The first kappa shape index (κ1) is 27.9. The number of unbranched alkanes of at least 4 members (excludes halogenated alkanes) is 11. The molecule has 2 amide bonds. The highest BCUT2D eigenvalue weighted by molar-refractivity contribution is 6.01. The first-order valence-corrected chi connectivity index (χ1v) is 12.4. The van der Waals surface area contributed by atoms with Crippen LogP contribution in [0.15, 0.2) is 12.2 Å². The third-order valence-electron chi connectivity index (χ3n) is 5.47. The molecular weight excluding hydrogens is 410 g/mol. The van der Waals surface area contributed by atoms with Crippen molar-refractivity contribution in [2.24, 2.45) is 0 Å². The zero-order valence-corrected chi connectivity index (χ0v) is 19.9. The van der Waals surface area contributed by atoms with E-state index in [0.29, 0.717) is 11.5 Å². The summed E-state index contributed by atoms with van der Waals surface area (Å²) in [6.07, 6.45) is 19.0. The molecule has 1 unspecified atom stereocenters. The Balaban J connectivity index is 1.96. The standard InChI is InChI=1S/C25H41NO6/c1-3-4-5-6-7-8-9-10-11-12-13-14-15-16-17-18-24(29)31-21(2)25(30)32-26-22(27)19-20-23(26)28/h10-11,21H,3-9,12-20H2,1-2H3. The van der Waals surface area contributed by atoms with Crippen molar-refractivity contribution >= 4 is 23.8 Å². The Morgan fingerprint density at radius 3 is 1.91 bits per heavy atom. The summed E-state index contributed by atoms with van der Waals surface area (Å²) in [5.41, 5.74) is 0. The van der Waals surface area contributed by atoms with Gasteiger partial charge in [-0.2, -0.15) is 0 Å². The molecule has 1 rings (SSSR count). The van der Waals surface area contributed by atoms with Gasteiger partial charge < -0.3 is 9.57 Å². The minimum atomic E-state index is -1.16. The van der Waals surface area contributed by atoms with E-state index in [1.165, 1.54) is 51.9 Å². The molecule has 1 saturated heterocycles. The molecule has 1 aliphatic rings. The molecule has 1 fully saturated rings. The summed E-state index contributed by atoms with van der Waals surface area (Å²) >= 11 is 0. The Hall–Kier alpha value is -2.18. The van der Waals surface area contributed by atoms with Gasteiger partial charge in [-0.25, -0.2) is 4.79 Å². The lowest BCUT2D eigenvalue weighted by molar-refractivity contribution is -0.205. The van der Waals surface area contributed by atoms with E-state index < -0.39 is 29.9 Å². The number of esters is 1. The van der Waals surface area contributed by atoms with Crippen LogP contribution >= 0.6 is 0 Å². The average Bonchev–Trinajstić information content (AvgIpc) is 3.08. The third-order valence-corrected chi connectivity index (χ3v) is 5.47. The molecule has 1 atom stereocenters. The van der Waals surface area contributed by atoms with Crippen molar-refractivity contribution in [2.45, 2.75) is 123 Å². The van der Waals surface area contributed by atoms with Gasteiger partial charge in [0, 0.05) is 19.3 Å². The van der Waals surface area contributed by atoms with Gasteiger partial charge in [-0.15, -0.1) is 5.06 Å². The minimum Gasteiger partial charge on any atom is -0.451 e. The number of nitrogens with zero attached hydrogens (tertiary/aromatic N) is 1. The maximum Gasteiger partial charge on any atom is 0.373 e. The van der Waals surface area contributed by atoms with Crippen LogP contribution in [0.4, 0.5) is 0 Å². The van der Waals surface area contributed by atoms with Crippen molar-refractivity contribution in [3.63, 3.8) is 0 Å². The number of imide groups is 1. The smallest absolute Gasteiger partial charge is 0.373 e. The fourth-order valence-electron chi connectivity index (χ4n) is 3.47. The molecule has 32 heavy (non-hydrogen) atoms. The van der Waals surface area contributed by atoms with Crippen LogP contribution in [0.3, 0.4) is 0 Å². The molecule has 0 aromatic heterocycles. The van der Waals surface area contributed by atoms with E-state index in [1.807, 2.05) is 0 Å². The van der Waals surface area contributed by atoms with Crippen LogP contribution in [0.25, 0.3) is 0 Å². The van der Waals surface area contributed by atoms with E-state index in [0.717, 1.165) is 32.1 Å². The average molecular weight is 452 g/mol. The normalized spacial score (nSPS) is 14.9. The van der Waals surface area contributed by atoms with Crippen molar-refractivity contribution in [3.8, 4) is 0 Å². The van der Waals surface area contributed by atoms with Gasteiger partial charge in [0.25, 0.3) is 11.8 Å². The zero-order valence-electron chi connectivity index (χ0n) is 19.9. The number of ether oxygens (including phenoxy) is 1. The monoisotopic (exact) mass is 451 g/mol. The molecule has 0 radical (unpaired) electrons. The van der Waals surface area contributed by atoms with Crippen molar-refractivity contribution in [2.75, 3.05) is 0 Å². The molecule has 7 heteroatoms. The Morgan fingerprint density at radius 1 is 0.844 bits per heavy atom. The second kappa shape index (κ2) is 17.4. The van der Waals surface area contributed by atoms with E-state index in [4.69, 9.17) is 9.57 Å². The first-order chi connectivity index (χ1) is 15.5. The fourth-order valence-corrected chi connectivity index (χ4v) is 3.47. The maximum absolute atomic E-state index is 11.9. The van der Waals surface area contributed by atoms with Gasteiger partial charge in [-0.1, -0.05) is 70.4 Å². The highest BCUT2D eigenvalue weighted by atomic mass is 16.7. The number of rotatable bonds is 18. The van der Waals surface area contributed by atoms with E-state index in [9.17, 15) is 19.2 Å². The van der Waals surface area contributed by atoms with Gasteiger partial charge in [0.05, 0.1) is 0 Å². The molecule has 0 aromatic carbocycles. The van der Waals surface area contributed by atoms with Gasteiger partial charge >= 0.3 is 11.9 Å². The minimum absolute atomic E-state index is 0.0236. The number of carbonyl (C=O) groups is 4.